The van der Waals surface area contributed by atoms with Gasteiger partial charge in [0.1, 0.15) is 18.1 Å². The Balaban J connectivity index is 1.19. The molecular weight excluding hydrogens is 352 g/mol. The van der Waals surface area contributed by atoms with E-state index in [0.29, 0.717) is 30.2 Å². The number of fused-ring (bicyclic) bond motifs is 3. The van der Waals surface area contributed by atoms with E-state index >= 15 is 0 Å². The summed E-state index contributed by atoms with van der Waals surface area (Å²) in [6.07, 6.45) is 4.43. The van der Waals surface area contributed by atoms with E-state index in [1.165, 1.54) is 18.2 Å². The Labute approximate surface area is 164 Å². The molecule has 2 saturated heterocycles. The van der Waals surface area contributed by atoms with Crippen molar-refractivity contribution in [3.8, 4) is 5.75 Å². The van der Waals surface area contributed by atoms with Crippen LogP contribution in [0.3, 0.4) is 0 Å². The smallest absolute Gasteiger partial charge is 0.287 e. The van der Waals surface area contributed by atoms with Gasteiger partial charge in [-0.05, 0) is 60.7 Å². The lowest BCUT2D eigenvalue weighted by molar-refractivity contribution is 0.0891. The number of ether oxygens (including phenoxy) is 1. The van der Waals surface area contributed by atoms with Crippen molar-refractivity contribution in [3.63, 3.8) is 0 Å². The summed E-state index contributed by atoms with van der Waals surface area (Å²) in [5.74, 6) is 1.64. The molecule has 1 aromatic heterocycles. The number of carbonyl (C=O) groups is 1. The van der Waals surface area contributed by atoms with Crippen LogP contribution in [0.15, 0.2) is 59.0 Å². The van der Waals surface area contributed by atoms with Gasteiger partial charge in [-0.1, -0.05) is 30.3 Å². The maximum atomic E-state index is 12.5. The van der Waals surface area contributed by atoms with Crippen molar-refractivity contribution < 1.29 is 13.9 Å². The predicted molar refractivity (Wildman–Crippen MR) is 107 cm³/mol. The molecule has 5 rings (SSSR count). The van der Waals surface area contributed by atoms with Crippen LogP contribution in [0, 0.1) is 0 Å². The van der Waals surface area contributed by atoms with Crippen LogP contribution in [0.1, 0.15) is 42.0 Å². The minimum atomic E-state index is -0.136. The number of piperidine rings is 1. The normalized spacial score (nSPS) is 23.6. The lowest BCUT2D eigenvalue weighted by atomic mass is 10.00. The van der Waals surface area contributed by atoms with E-state index in [1.807, 2.05) is 36.4 Å². The topological polar surface area (TPSA) is 63.5 Å². The van der Waals surface area contributed by atoms with Crippen molar-refractivity contribution in [2.75, 3.05) is 0 Å². The highest BCUT2D eigenvalue weighted by Crippen LogP contribution is 2.27. The summed E-state index contributed by atoms with van der Waals surface area (Å²) in [5.41, 5.74) is 0. The zero-order valence-corrected chi connectivity index (χ0v) is 15.7. The van der Waals surface area contributed by atoms with E-state index in [1.54, 1.807) is 6.07 Å². The van der Waals surface area contributed by atoms with E-state index < -0.39 is 0 Å². The summed E-state index contributed by atoms with van der Waals surface area (Å²) in [6, 6.07) is 19.0. The SMILES string of the molecule is O=C(NC1CC2CCC(C1)N2)c1ccc(COc2ccc3ccccc3c2)o1. The molecule has 2 aliphatic rings. The summed E-state index contributed by atoms with van der Waals surface area (Å²) < 4.78 is 11.6. The Morgan fingerprint density at radius 1 is 1.04 bits per heavy atom. The molecule has 0 radical (unpaired) electrons. The second kappa shape index (κ2) is 7.32. The van der Waals surface area contributed by atoms with Gasteiger partial charge in [0.25, 0.3) is 5.91 Å². The lowest BCUT2D eigenvalue weighted by Crippen LogP contribution is -2.47. The predicted octanol–water partition coefficient (Wildman–Crippen LogP) is 4.02. The molecule has 5 nitrogen and oxygen atoms in total. The van der Waals surface area contributed by atoms with Gasteiger partial charge in [0.2, 0.25) is 0 Å². The van der Waals surface area contributed by atoms with Gasteiger partial charge in [-0.25, -0.2) is 0 Å². The summed E-state index contributed by atoms with van der Waals surface area (Å²) >= 11 is 0. The third-order valence-electron chi connectivity index (χ3n) is 5.80. The van der Waals surface area contributed by atoms with Crippen LogP contribution < -0.4 is 15.4 Å². The quantitative estimate of drug-likeness (QED) is 0.706. The van der Waals surface area contributed by atoms with Gasteiger partial charge in [0.05, 0.1) is 0 Å². The van der Waals surface area contributed by atoms with Gasteiger partial charge in [0, 0.05) is 18.1 Å². The van der Waals surface area contributed by atoms with Crippen molar-refractivity contribution in [1.82, 2.24) is 10.6 Å². The van der Waals surface area contributed by atoms with Crippen LogP contribution in [0.5, 0.6) is 5.75 Å². The second-order valence-corrected chi connectivity index (χ2v) is 7.84. The number of furan rings is 1. The van der Waals surface area contributed by atoms with Crippen LogP contribution >= 0.6 is 0 Å². The molecule has 2 fully saturated rings. The second-order valence-electron chi connectivity index (χ2n) is 7.84. The van der Waals surface area contributed by atoms with Crippen molar-refractivity contribution in [3.05, 3.63) is 66.1 Å². The van der Waals surface area contributed by atoms with E-state index in [4.69, 9.17) is 9.15 Å². The molecule has 0 spiro atoms. The lowest BCUT2D eigenvalue weighted by Gasteiger charge is -2.29. The van der Waals surface area contributed by atoms with E-state index in [2.05, 4.69) is 22.8 Å². The molecule has 2 aliphatic heterocycles. The molecule has 3 heterocycles. The molecule has 5 heteroatoms. The summed E-state index contributed by atoms with van der Waals surface area (Å²) in [7, 11) is 0. The summed E-state index contributed by atoms with van der Waals surface area (Å²) in [6.45, 7) is 0.295. The zero-order valence-electron chi connectivity index (χ0n) is 15.7. The highest BCUT2D eigenvalue weighted by Gasteiger charge is 2.34. The molecule has 0 saturated carbocycles. The van der Waals surface area contributed by atoms with Gasteiger partial charge in [0.15, 0.2) is 5.76 Å². The van der Waals surface area contributed by atoms with Gasteiger partial charge in [-0.3, -0.25) is 4.79 Å². The highest BCUT2D eigenvalue weighted by atomic mass is 16.5. The van der Waals surface area contributed by atoms with Crippen LogP contribution in [0.4, 0.5) is 0 Å². The van der Waals surface area contributed by atoms with E-state index in [0.717, 1.165) is 24.0 Å². The number of hydrogen-bond donors (Lipinski definition) is 2. The minimum Gasteiger partial charge on any atom is -0.486 e. The fraction of sp³-hybridized carbons (Fsp3) is 0.348. The average molecular weight is 376 g/mol. The molecule has 3 aromatic rings. The largest absolute Gasteiger partial charge is 0.486 e. The zero-order chi connectivity index (χ0) is 18.9. The Bertz CT molecular complexity index is 984. The molecule has 2 aromatic carbocycles. The van der Waals surface area contributed by atoms with Crippen molar-refractivity contribution >= 4 is 16.7 Å². The van der Waals surface area contributed by atoms with Gasteiger partial charge in [-0.15, -0.1) is 0 Å². The van der Waals surface area contributed by atoms with Crippen molar-refractivity contribution in [1.29, 1.82) is 0 Å². The first kappa shape index (κ1) is 17.3. The minimum absolute atomic E-state index is 0.136. The number of hydrogen-bond acceptors (Lipinski definition) is 4. The third kappa shape index (κ3) is 3.62. The van der Waals surface area contributed by atoms with Gasteiger partial charge >= 0.3 is 0 Å². The number of rotatable bonds is 5. The Hall–Kier alpha value is -2.79. The molecule has 0 aliphatic carbocycles. The molecule has 2 atom stereocenters. The molecule has 28 heavy (non-hydrogen) atoms. The fourth-order valence-electron chi connectivity index (χ4n) is 4.42. The standard InChI is InChI=1S/C23H24N2O3/c26-23(25-19-12-17-6-7-18(13-19)24-17)22-10-9-21(28-22)14-27-20-8-5-15-3-1-2-4-16(15)11-20/h1-5,8-11,17-19,24H,6-7,12-14H2,(H,25,26). The monoisotopic (exact) mass is 376 g/mol. The Morgan fingerprint density at radius 3 is 2.64 bits per heavy atom. The van der Waals surface area contributed by atoms with E-state index in [-0.39, 0.29) is 11.9 Å². The Kier molecular flexibility index (Phi) is 4.53. The van der Waals surface area contributed by atoms with Gasteiger partial charge in [-0.2, -0.15) is 0 Å². The molecule has 2 unspecified atom stereocenters. The molecule has 2 bridgehead atoms. The van der Waals surface area contributed by atoms with Crippen LogP contribution in [0.2, 0.25) is 0 Å². The maximum absolute atomic E-state index is 12.5. The first-order chi connectivity index (χ1) is 13.7. The number of benzene rings is 2. The third-order valence-corrected chi connectivity index (χ3v) is 5.80. The Morgan fingerprint density at radius 2 is 1.82 bits per heavy atom. The number of amides is 1. The van der Waals surface area contributed by atoms with Crippen LogP contribution in [0.25, 0.3) is 10.8 Å². The maximum Gasteiger partial charge on any atom is 0.287 e. The van der Waals surface area contributed by atoms with E-state index in [9.17, 15) is 4.79 Å². The van der Waals surface area contributed by atoms with Crippen molar-refractivity contribution in [2.45, 2.75) is 50.4 Å². The first-order valence-electron chi connectivity index (χ1n) is 10.0. The fourth-order valence-corrected chi connectivity index (χ4v) is 4.42. The molecule has 144 valence electrons. The summed E-state index contributed by atoms with van der Waals surface area (Å²) in [5, 5.41) is 9.03. The molecular formula is C23H24N2O3. The molecule has 2 N–H and O–H groups in total. The number of nitrogens with one attached hydrogen (secondary N) is 2. The van der Waals surface area contributed by atoms with Crippen molar-refractivity contribution in [2.24, 2.45) is 0 Å². The molecule has 1 amide bonds. The average Bonchev–Trinajstić information content (AvgIpc) is 3.32. The highest BCUT2D eigenvalue weighted by molar-refractivity contribution is 5.91. The summed E-state index contributed by atoms with van der Waals surface area (Å²) in [4.78, 5) is 12.5. The van der Waals surface area contributed by atoms with Crippen LogP contribution in [-0.4, -0.2) is 24.0 Å². The number of carbonyl (C=O) groups excluding carboxylic acids is 1. The van der Waals surface area contributed by atoms with Gasteiger partial charge < -0.3 is 19.8 Å². The first-order valence-corrected chi connectivity index (χ1v) is 10.0. The van der Waals surface area contributed by atoms with Crippen LogP contribution in [-0.2, 0) is 6.61 Å².